The van der Waals surface area contributed by atoms with E-state index >= 15 is 0 Å². The fourth-order valence-corrected chi connectivity index (χ4v) is 11.9. The molecule has 8 heteroatoms. The fourth-order valence-electron chi connectivity index (χ4n) is 7.54. The van der Waals surface area contributed by atoms with Crippen LogP contribution in [0, 0.1) is 0 Å². The second-order valence-electron chi connectivity index (χ2n) is 13.3. The molecule has 270 valence electrons. The number of alkyl carbamates (subject to hydrolysis) is 1. The molecule has 0 unspecified atom stereocenters. The number of methoxy groups -OCH3 is 1. The van der Waals surface area contributed by atoms with Gasteiger partial charge in [-0.1, -0.05) is 97.1 Å². The molecule has 6 nitrogen and oxygen atoms in total. The molecule has 1 aliphatic rings. The van der Waals surface area contributed by atoms with Crippen molar-refractivity contribution in [3.8, 4) is 5.75 Å². The Morgan fingerprint density at radius 3 is 1.71 bits per heavy atom. The van der Waals surface area contributed by atoms with E-state index in [1.54, 1.807) is 19.2 Å². The van der Waals surface area contributed by atoms with Crippen molar-refractivity contribution >= 4 is 35.2 Å². The topological polar surface area (TPSA) is 76.7 Å². The molecule has 1 aliphatic carbocycles. The van der Waals surface area contributed by atoms with Gasteiger partial charge in [0.25, 0.3) is 5.91 Å². The molecule has 52 heavy (non-hydrogen) atoms. The van der Waals surface area contributed by atoms with Crippen molar-refractivity contribution in [3.05, 3.63) is 157 Å². The minimum Gasteiger partial charge on any atom is -1.00 e. The molecular weight excluding hydrogens is 778 g/mol. The third-order valence-corrected chi connectivity index (χ3v) is 14.8. The molecule has 0 aliphatic heterocycles. The lowest BCUT2D eigenvalue weighted by Gasteiger charge is -2.40. The van der Waals surface area contributed by atoms with Crippen LogP contribution in [0.1, 0.15) is 54.4 Å². The summed E-state index contributed by atoms with van der Waals surface area (Å²) < 4.78 is 11.4. The zero-order chi connectivity index (χ0) is 35.4. The summed E-state index contributed by atoms with van der Waals surface area (Å²) in [6.45, 7) is 1.05. The summed E-state index contributed by atoms with van der Waals surface area (Å²) in [5.41, 5.74) is 1.46. The minimum absolute atomic E-state index is 0. The predicted molar refractivity (Wildman–Crippen MR) is 209 cm³/mol. The molecule has 0 atom stereocenters. The van der Waals surface area contributed by atoms with Crippen molar-refractivity contribution < 1.29 is 43.0 Å². The maximum absolute atomic E-state index is 13.2. The van der Waals surface area contributed by atoms with Crippen LogP contribution in [-0.4, -0.2) is 44.5 Å². The first-order valence-electron chi connectivity index (χ1n) is 18.0. The lowest BCUT2D eigenvalue weighted by Crippen LogP contribution is -3.00. The zero-order valence-electron chi connectivity index (χ0n) is 29.8. The van der Waals surface area contributed by atoms with Crippen LogP contribution < -0.4 is 55.3 Å². The lowest BCUT2D eigenvalue weighted by molar-refractivity contribution is -0.0000307. The Hall–Kier alpha value is -4.20. The summed E-state index contributed by atoms with van der Waals surface area (Å²) in [4.78, 5) is 26.2. The van der Waals surface area contributed by atoms with Crippen LogP contribution in [0.3, 0.4) is 0 Å². The highest BCUT2D eigenvalue weighted by atomic mass is 127. The van der Waals surface area contributed by atoms with Gasteiger partial charge < -0.3 is 44.1 Å². The first-order chi connectivity index (χ1) is 25.0. The monoisotopic (exact) mass is 826 g/mol. The van der Waals surface area contributed by atoms with E-state index in [0.717, 1.165) is 44.7 Å². The smallest absolute Gasteiger partial charge is 0.407 e. The van der Waals surface area contributed by atoms with E-state index < -0.39 is 7.26 Å². The van der Waals surface area contributed by atoms with Crippen LogP contribution >= 0.6 is 7.26 Å². The maximum Gasteiger partial charge on any atom is 0.407 e. The number of halogens is 1. The standard InChI is InChI=1S/C44H47N2O4P.HI/c1-49-41-27-15-14-26-40(41)42(47)46-34-44(35-18-6-2-7-19-35)30-28-36(29-31-44)50-43(48)45-32-16-17-33-51(37-20-8-3-9-21-37,38-22-10-4-11-23-38)39-24-12-5-13-25-39;/h2-15,18-27,36H,16-17,28-34H2,1H3,(H-,45,46,47,48);1H. The van der Waals surface area contributed by atoms with Crippen LogP contribution in [0.25, 0.3) is 0 Å². The van der Waals surface area contributed by atoms with Crippen LogP contribution in [-0.2, 0) is 10.2 Å². The van der Waals surface area contributed by atoms with Crippen molar-refractivity contribution in [2.75, 3.05) is 26.4 Å². The molecule has 0 aromatic heterocycles. The SMILES string of the molecule is COc1ccccc1C(=O)NCC1(c2ccccc2)CCC(OC(=O)NCCCC[P+](c2ccccc2)(c2ccccc2)c2ccccc2)CC1.[I-]. The Bertz CT molecular complexity index is 1740. The number of unbranched alkanes of at least 4 members (excludes halogenated alkanes) is 1. The Morgan fingerprint density at radius 2 is 1.17 bits per heavy atom. The lowest BCUT2D eigenvalue weighted by atomic mass is 9.68. The third kappa shape index (κ3) is 9.23. The quantitative estimate of drug-likeness (QED) is 0.0959. The first kappa shape index (κ1) is 39.0. The molecular formula is C44H48IN2O4P. The van der Waals surface area contributed by atoms with E-state index in [1.165, 1.54) is 21.5 Å². The Kier molecular flexibility index (Phi) is 14.3. The summed E-state index contributed by atoms with van der Waals surface area (Å²) in [5.74, 6) is 0.396. The van der Waals surface area contributed by atoms with Gasteiger partial charge in [-0.25, -0.2) is 4.79 Å². The van der Waals surface area contributed by atoms with Crippen molar-refractivity contribution in [2.24, 2.45) is 0 Å². The number of carbonyl (C=O) groups excluding carboxylic acids is 2. The summed E-state index contributed by atoms with van der Waals surface area (Å²) >= 11 is 0. The highest BCUT2D eigenvalue weighted by Crippen LogP contribution is 2.55. The number of ether oxygens (including phenoxy) is 2. The second kappa shape index (κ2) is 19.0. The minimum atomic E-state index is -1.89. The molecule has 0 saturated heterocycles. The second-order valence-corrected chi connectivity index (χ2v) is 16.9. The van der Waals surface area contributed by atoms with Crippen LogP contribution in [0.2, 0.25) is 0 Å². The predicted octanol–water partition coefficient (Wildman–Crippen LogP) is 4.81. The molecule has 0 bridgehead atoms. The highest BCUT2D eigenvalue weighted by Gasteiger charge is 2.44. The van der Waals surface area contributed by atoms with Crippen LogP contribution in [0.4, 0.5) is 4.79 Å². The Morgan fingerprint density at radius 1 is 0.673 bits per heavy atom. The molecule has 1 saturated carbocycles. The summed E-state index contributed by atoms with van der Waals surface area (Å²) in [6, 6.07) is 50.3. The van der Waals surface area contributed by atoms with E-state index in [1.807, 2.05) is 30.3 Å². The molecule has 1 fully saturated rings. The molecule has 0 spiro atoms. The van der Waals surface area contributed by atoms with Crippen molar-refractivity contribution in [1.82, 2.24) is 10.6 Å². The van der Waals surface area contributed by atoms with Gasteiger partial charge in [0.1, 0.15) is 35.0 Å². The van der Waals surface area contributed by atoms with Gasteiger partial charge in [0.15, 0.2) is 0 Å². The normalized spacial score (nSPS) is 16.9. The van der Waals surface area contributed by atoms with Crippen LogP contribution in [0.15, 0.2) is 146 Å². The van der Waals surface area contributed by atoms with E-state index in [2.05, 4.69) is 114 Å². The molecule has 6 rings (SSSR count). The number of benzene rings is 5. The average Bonchev–Trinajstić information content (AvgIpc) is 3.20. The van der Waals surface area contributed by atoms with Gasteiger partial charge in [-0.15, -0.1) is 0 Å². The van der Waals surface area contributed by atoms with Gasteiger partial charge in [0, 0.05) is 18.5 Å². The molecule has 2 amide bonds. The van der Waals surface area contributed by atoms with Gasteiger partial charge in [0.2, 0.25) is 0 Å². The number of para-hydroxylation sites is 1. The zero-order valence-corrected chi connectivity index (χ0v) is 32.8. The highest BCUT2D eigenvalue weighted by molar-refractivity contribution is 7.95. The third-order valence-electron chi connectivity index (χ3n) is 10.3. The summed E-state index contributed by atoms with van der Waals surface area (Å²) in [5, 5.41) is 10.3. The van der Waals surface area contributed by atoms with Gasteiger partial charge in [-0.3, -0.25) is 4.79 Å². The van der Waals surface area contributed by atoms with E-state index in [-0.39, 0.29) is 47.5 Å². The molecule has 0 heterocycles. The van der Waals surface area contributed by atoms with Crippen LogP contribution in [0.5, 0.6) is 5.75 Å². The Labute approximate surface area is 326 Å². The summed E-state index contributed by atoms with van der Waals surface area (Å²) in [6.07, 6.45) is 5.37. The number of nitrogens with one attached hydrogen (secondary N) is 2. The van der Waals surface area contributed by atoms with Gasteiger partial charge in [0.05, 0.1) is 18.8 Å². The largest absolute Gasteiger partial charge is 1.00 e. The van der Waals surface area contributed by atoms with Gasteiger partial charge in [-0.05, 0) is 92.6 Å². The Balaban J connectivity index is 0.00000523. The van der Waals surface area contributed by atoms with E-state index in [4.69, 9.17) is 9.47 Å². The summed E-state index contributed by atoms with van der Waals surface area (Å²) in [7, 11) is -0.320. The first-order valence-corrected chi connectivity index (χ1v) is 20.0. The number of hydrogen-bond donors (Lipinski definition) is 2. The molecule has 0 radical (unpaired) electrons. The molecule has 2 N–H and O–H groups in total. The molecule has 5 aromatic carbocycles. The average molecular weight is 827 g/mol. The maximum atomic E-state index is 13.2. The van der Waals surface area contributed by atoms with Crippen molar-refractivity contribution in [1.29, 1.82) is 0 Å². The molecule has 5 aromatic rings. The fraction of sp³-hybridized carbons (Fsp3) is 0.273. The van der Waals surface area contributed by atoms with E-state index in [9.17, 15) is 9.59 Å². The van der Waals surface area contributed by atoms with Gasteiger partial charge >= 0.3 is 6.09 Å². The van der Waals surface area contributed by atoms with Gasteiger partial charge in [-0.2, -0.15) is 0 Å². The van der Waals surface area contributed by atoms with Crippen molar-refractivity contribution in [3.63, 3.8) is 0 Å². The number of hydrogen-bond acceptors (Lipinski definition) is 4. The number of rotatable bonds is 14. The number of amides is 2. The number of carbonyl (C=O) groups is 2. The van der Waals surface area contributed by atoms with Crippen molar-refractivity contribution in [2.45, 2.75) is 50.0 Å². The van der Waals surface area contributed by atoms with E-state index in [0.29, 0.717) is 24.4 Å².